The molecule has 0 bridgehead atoms. The van der Waals surface area contributed by atoms with Gasteiger partial charge in [-0.1, -0.05) is 30.3 Å². The summed E-state index contributed by atoms with van der Waals surface area (Å²) in [7, 11) is 1.91. The van der Waals surface area contributed by atoms with E-state index in [2.05, 4.69) is 32.0 Å². The Labute approximate surface area is 193 Å². The van der Waals surface area contributed by atoms with E-state index in [9.17, 15) is 10.4 Å². The van der Waals surface area contributed by atoms with E-state index in [4.69, 9.17) is 4.74 Å². The summed E-state index contributed by atoms with van der Waals surface area (Å²) in [6.07, 6.45) is 1.78. The van der Waals surface area contributed by atoms with Crippen molar-refractivity contribution in [2.75, 3.05) is 32.0 Å². The van der Waals surface area contributed by atoms with Gasteiger partial charge >= 0.3 is 0 Å². The number of anilines is 1. The van der Waals surface area contributed by atoms with E-state index in [1.165, 1.54) is 0 Å². The zero-order valence-electron chi connectivity index (χ0n) is 18.5. The Balaban J connectivity index is 1.55. The highest BCUT2D eigenvalue weighted by molar-refractivity contribution is 5.65. The summed E-state index contributed by atoms with van der Waals surface area (Å²) < 4.78 is 6.30. The van der Waals surface area contributed by atoms with E-state index < -0.39 is 6.10 Å². The predicted molar refractivity (Wildman–Crippen MR) is 127 cm³/mol. The van der Waals surface area contributed by atoms with Crippen molar-refractivity contribution in [1.82, 2.24) is 20.6 Å². The van der Waals surface area contributed by atoms with Crippen LogP contribution >= 0.6 is 0 Å². The van der Waals surface area contributed by atoms with Crippen LogP contribution in [0.4, 0.5) is 5.95 Å². The lowest BCUT2D eigenvalue weighted by molar-refractivity contribution is 0.185. The Morgan fingerprint density at radius 1 is 1.21 bits per heavy atom. The van der Waals surface area contributed by atoms with Crippen molar-refractivity contribution in [3.63, 3.8) is 0 Å². The van der Waals surface area contributed by atoms with Crippen molar-refractivity contribution in [3.05, 3.63) is 71.9 Å². The SMILES string of the molecule is CNCC[C@H](Oc1ccc(-c2ccnc(N[C@H]3CNC[C@@H]3O)n2)cc1C#N)c1ccccc1. The van der Waals surface area contributed by atoms with Crippen LogP contribution in [0, 0.1) is 11.3 Å². The maximum absolute atomic E-state index is 10.0. The zero-order valence-corrected chi connectivity index (χ0v) is 18.5. The van der Waals surface area contributed by atoms with E-state index >= 15 is 0 Å². The second kappa shape index (κ2) is 10.9. The van der Waals surface area contributed by atoms with Gasteiger partial charge in [-0.2, -0.15) is 5.26 Å². The van der Waals surface area contributed by atoms with Gasteiger partial charge in [-0.3, -0.25) is 0 Å². The van der Waals surface area contributed by atoms with E-state index in [1.54, 1.807) is 18.3 Å². The van der Waals surface area contributed by atoms with Crippen molar-refractivity contribution < 1.29 is 9.84 Å². The van der Waals surface area contributed by atoms with Gasteiger partial charge in [0.1, 0.15) is 17.9 Å². The van der Waals surface area contributed by atoms with E-state index in [0.29, 0.717) is 36.0 Å². The predicted octanol–water partition coefficient (Wildman–Crippen LogP) is 2.49. The molecule has 33 heavy (non-hydrogen) atoms. The molecule has 1 aliphatic rings. The number of nitriles is 1. The molecule has 4 rings (SSSR count). The number of nitrogens with one attached hydrogen (secondary N) is 3. The molecular weight excluding hydrogens is 416 g/mol. The first kappa shape index (κ1) is 22.7. The number of rotatable bonds is 9. The van der Waals surface area contributed by atoms with Crippen molar-refractivity contribution in [1.29, 1.82) is 5.26 Å². The molecule has 8 heteroatoms. The highest BCUT2D eigenvalue weighted by Gasteiger charge is 2.25. The van der Waals surface area contributed by atoms with Crippen LogP contribution < -0.4 is 20.7 Å². The highest BCUT2D eigenvalue weighted by atomic mass is 16.5. The lowest BCUT2D eigenvalue weighted by Crippen LogP contribution is -2.32. The smallest absolute Gasteiger partial charge is 0.223 e. The third-order valence-electron chi connectivity index (χ3n) is 5.65. The van der Waals surface area contributed by atoms with Gasteiger partial charge in [0.2, 0.25) is 5.95 Å². The third-order valence-corrected chi connectivity index (χ3v) is 5.65. The van der Waals surface area contributed by atoms with E-state index in [1.807, 2.05) is 49.5 Å². The Kier molecular flexibility index (Phi) is 7.47. The fourth-order valence-electron chi connectivity index (χ4n) is 3.84. The minimum Gasteiger partial charge on any atom is -0.484 e. The van der Waals surface area contributed by atoms with Crippen molar-refractivity contribution in [2.45, 2.75) is 24.7 Å². The first-order valence-electron chi connectivity index (χ1n) is 11.1. The second-order valence-corrected chi connectivity index (χ2v) is 7.97. The Bertz CT molecular complexity index is 1100. The maximum atomic E-state index is 10.0. The van der Waals surface area contributed by atoms with Crippen LogP contribution in [0.5, 0.6) is 5.75 Å². The highest BCUT2D eigenvalue weighted by Crippen LogP contribution is 2.30. The normalized spacial score (nSPS) is 18.5. The monoisotopic (exact) mass is 444 g/mol. The van der Waals surface area contributed by atoms with Gasteiger partial charge in [0.05, 0.1) is 23.4 Å². The Morgan fingerprint density at radius 3 is 2.79 bits per heavy atom. The average Bonchev–Trinajstić information content (AvgIpc) is 3.26. The summed E-state index contributed by atoms with van der Waals surface area (Å²) in [4.78, 5) is 8.84. The molecule has 0 saturated carbocycles. The number of ether oxygens (including phenoxy) is 1. The molecule has 4 N–H and O–H groups in total. The molecule has 2 heterocycles. The minimum absolute atomic E-state index is 0.141. The quantitative estimate of drug-likeness (QED) is 0.398. The van der Waals surface area contributed by atoms with Crippen molar-refractivity contribution in [3.8, 4) is 23.1 Å². The Hall–Kier alpha value is -3.51. The summed E-state index contributed by atoms with van der Waals surface area (Å²) >= 11 is 0. The molecule has 170 valence electrons. The fraction of sp³-hybridized carbons (Fsp3) is 0.320. The molecule has 1 saturated heterocycles. The summed E-state index contributed by atoms with van der Waals surface area (Å²) in [5.41, 5.74) is 2.99. The van der Waals surface area contributed by atoms with Gasteiger partial charge in [-0.05, 0) is 43.4 Å². The van der Waals surface area contributed by atoms with Crippen LogP contribution in [-0.4, -0.2) is 53.9 Å². The first-order valence-corrected chi connectivity index (χ1v) is 11.1. The number of benzene rings is 2. The lowest BCUT2D eigenvalue weighted by atomic mass is 10.0. The van der Waals surface area contributed by atoms with Crippen LogP contribution in [0.3, 0.4) is 0 Å². The van der Waals surface area contributed by atoms with Crippen molar-refractivity contribution in [2.24, 2.45) is 0 Å². The number of hydrogen-bond donors (Lipinski definition) is 4. The molecule has 0 aliphatic carbocycles. The van der Waals surface area contributed by atoms with E-state index in [-0.39, 0.29) is 12.1 Å². The first-order chi connectivity index (χ1) is 16.2. The third kappa shape index (κ3) is 5.65. The average molecular weight is 445 g/mol. The van der Waals surface area contributed by atoms with Crippen LogP contribution in [-0.2, 0) is 0 Å². The molecular formula is C25H28N6O2. The zero-order chi connectivity index (χ0) is 23.0. The van der Waals surface area contributed by atoms with Gasteiger partial charge in [0.15, 0.2) is 0 Å². The number of aromatic nitrogens is 2. The Morgan fingerprint density at radius 2 is 2.06 bits per heavy atom. The molecule has 0 radical (unpaired) electrons. The topological polar surface area (TPSA) is 115 Å². The van der Waals surface area contributed by atoms with Gasteiger partial charge in [0, 0.05) is 31.3 Å². The molecule has 3 aromatic rings. The lowest BCUT2D eigenvalue weighted by Gasteiger charge is -2.20. The number of hydrogen-bond acceptors (Lipinski definition) is 8. The molecule has 0 amide bonds. The fourth-order valence-corrected chi connectivity index (χ4v) is 3.84. The summed E-state index contributed by atoms with van der Waals surface area (Å²) in [5, 5.41) is 29.3. The largest absolute Gasteiger partial charge is 0.484 e. The molecule has 8 nitrogen and oxygen atoms in total. The van der Waals surface area contributed by atoms with Gasteiger partial charge in [-0.15, -0.1) is 0 Å². The molecule has 2 aromatic carbocycles. The molecule has 0 unspecified atom stereocenters. The van der Waals surface area contributed by atoms with Gasteiger partial charge in [0.25, 0.3) is 0 Å². The number of aliphatic hydroxyl groups excluding tert-OH is 1. The summed E-state index contributed by atoms with van der Waals surface area (Å²) in [6.45, 7) is 1.99. The maximum Gasteiger partial charge on any atom is 0.223 e. The number of aliphatic hydroxyl groups is 1. The van der Waals surface area contributed by atoms with Crippen LogP contribution in [0.15, 0.2) is 60.8 Å². The van der Waals surface area contributed by atoms with Crippen LogP contribution in [0.25, 0.3) is 11.3 Å². The molecule has 1 aromatic heterocycles. The van der Waals surface area contributed by atoms with Crippen LogP contribution in [0.2, 0.25) is 0 Å². The number of nitrogens with zero attached hydrogens (tertiary/aromatic N) is 3. The molecule has 3 atom stereocenters. The van der Waals surface area contributed by atoms with Gasteiger partial charge < -0.3 is 25.8 Å². The molecule has 1 aliphatic heterocycles. The van der Waals surface area contributed by atoms with Crippen LogP contribution in [0.1, 0.15) is 23.7 Å². The van der Waals surface area contributed by atoms with Gasteiger partial charge in [-0.25, -0.2) is 9.97 Å². The van der Waals surface area contributed by atoms with Crippen molar-refractivity contribution >= 4 is 5.95 Å². The molecule has 0 spiro atoms. The second-order valence-electron chi connectivity index (χ2n) is 7.97. The minimum atomic E-state index is -0.487. The van der Waals surface area contributed by atoms with E-state index in [0.717, 1.165) is 24.1 Å². The summed E-state index contributed by atoms with van der Waals surface area (Å²) in [6, 6.07) is 19.4. The standard InChI is InChI=1S/C25H28N6O2/c1-27-11-10-24(17-5-3-2-4-6-17)33-23-8-7-18(13-19(23)14-26)20-9-12-29-25(30-20)31-21-15-28-16-22(21)32/h2-9,12-13,21-22,24,27-28,32H,10-11,15-16H2,1H3,(H,29,30,31)/t21-,22-,24-/m0/s1. The number of β-amino-alcohol motifs (C(OH)–C–C–N with tert-alkyl or cyclic N) is 1. The summed E-state index contributed by atoms with van der Waals surface area (Å²) in [5.74, 6) is 0.981. The molecule has 1 fully saturated rings.